The van der Waals surface area contributed by atoms with E-state index in [0.29, 0.717) is 16.2 Å². The zero-order chi connectivity index (χ0) is 19.4. The van der Waals surface area contributed by atoms with Crippen molar-refractivity contribution in [3.05, 3.63) is 82.3 Å². The lowest BCUT2D eigenvalue weighted by Gasteiger charge is -2.07. The normalized spacial score (nSPS) is 17.0. The summed E-state index contributed by atoms with van der Waals surface area (Å²) in [4.78, 5) is 0.0262. The highest BCUT2D eigenvalue weighted by atomic mass is 32.2. The van der Waals surface area contributed by atoms with E-state index < -0.39 is 10.1 Å². The SMILES string of the molecule is Cc1ccc(S(=O)(=O)ON=C2SC=C/C2=C(\C#N)c2ccccc2C)cc1. The Bertz CT molecular complexity index is 1110. The lowest BCUT2D eigenvalue weighted by Crippen LogP contribution is -2.05. The number of hydrogen-bond donors (Lipinski definition) is 0. The molecule has 0 amide bonds. The number of aryl methyl sites for hydroxylation is 2. The highest BCUT2D eigenvalue weighted by molar-refractivity contribution is 8.17. The largest absolute Gasteiger partial charge is 0.358 e. The first-order chi connectivity index (χ1) is 12.9. The number of hydrogen-bond acceptors (Lipinski definition) is 6. The third-order valence-corrected chi connectivity index (χ3v) is 5.88. The summed E-state index contributed by atoms with van der Waals surface area (Å²) < 4.78 is 29.5. The van der Waals surface area contributed by atoms with E-state index in [4.69, 9.17) is 4.28 Å². The van der Waals surface area contributed by atoms with E-state index in [9.17, 15) is 13.7 Å². The molecular weight excluding hydrogens is 380 g/mol. The minimum Gasteiger partial charge on any atom is -0.264 e. The Morgan fingerprint density at radius 1 is 1.11 bits per heavy atom. The van der Waals surface area contributed by atoms with Crippen molar-refractivity contribution in [1.29, 1.82) is 5.26 Å². The first-order valence-electron chi connectivity index (χ1n) is 8.04. The molecule has 0 atom stereocenters. The van der Waals surface area contributed by atoms with E-state index >= 15 is 0 Å². The summed E-state index contributed by atoms with van der Waals surface area (Å²) in [7, 11) is -4.03. The molecule has 5 nitrogen and oxygen atoms in total. The number of rotatable bonds is 4. The van der Waals surface area contributed by atoms with Gasteiger partial charge in [-0.1, -0.05) is 58.9 Å². The quantitative estimate of drug-likeness (QED) is 0.559. The highest BCUT2D eigenvalue weighted by Gasteiger charge is 2.21. The van der Waals surface area contributed by atoms with Crippen LogP contribution in [0, 0.1) is 25.2 Å². The molecule has 0 saturated heterocycles. The van der Waals surface area contributed by atoms with Gasteiger partial charge in [-0.05, 0) is 48.6 Å². The van der Waals surface area contributed by atoms with Crippen LogP contribution in [0.1, 0.15) is 16.7 Å². The lowest BCUT2D eigenvalue weighted by atomic mass is 9.97. The molecule has 136 valence electrons. The van der Waals surface area contributed by atoms with Crippen molar-refractivity contribution < 1.29 is 12.7 Å². The van der Waals surface area contributed by atoms with Gasteiger partial charge in [0.25, 0.3) is 0 Å². The molecule has 0 unspecified atom stereocenters. The molecule has 0 radical (unpaired) electrons. The second-order valence-electron chi connectivity index (χ2n) is 5.87. The Hall–Kier alpha value is -2.82. The van der Waals surface area contributed by atoms with E-state index in [-0.39, 0.29) is 4.90 Å². The van der Waals surface area contributed by atoms with Crippen LogP contribution in [-0.2, 0) is 14.4 Å². The molecule has 0 spiro atoms. The third kappa shape index (κ3) is 4.13. The Morgan fingerprint density at radius 2 is 1.81 bits per heavy atom. The first-order valence-corrected chi connectivity index (χ1v) is 10.3. The van der Waals surface area contributed by atoms with Gasteiger partial charge in [0.2, 0.25) is 0 Å². The molecule has 2 aromatic rings. The zero-order valence-electron chi connectivity index (χ0n) is 14.7. The van der Waals surface area contributed by atoms with Crippen LogP contribution < -0.4 is 0 Å². The number of allylic oxidation sites excluding steroid dienone is 2. The van der Waals surface area contributed by atoms with E-state index in [1.165, 1.54) is 23.9 Å². The maximum Gasteiger partial charge on any atom is 0.358 e. The van der Waals surface area contributed by atoms with Crippen molar-refractivity contribution in [1.82, 2.24) is 0 Å². The van der Waals surface area contributed by atoms with Gasteiger partial charge < -0.3 is 0 Å². The standard InChI is InChI=1S/C20H16N2O3S2/c1-14-7-9-16(10-8-14)27(23,24)25-22-20-18(11-12-26-20)19(13-21)17-6-4-3-5-15(17)2/h3-12H,1-2H3/b19-18-,22-20?. The summed E-state index contributed by atoms with van der Waals surface area (Å²) >= 11 is 1.20. The Labute approximate surface area is 162 Å². The van der Waals surface area contributed by atoms with Crippen LogP contribution in [-0.4, -0.2) is 13.5 Å². The fourth-order valence-electron chi connectivity index (χ4n) is 2.51. The summed E-state index contributed by atoms with van der Waals surface area (Å²) in [6.45, 7) is 3.78. The summed E-state index contributed by atoms with van der Waals surface area (Å²) in [5.41, 5.74) is 3.62. The van der Waals surface area contributed by atoms with E-state index in [1.54, 1.807) is 23.6 Å². The summed E-state index contributed by atoms with van der Waals surface area (Å²) in [5, 5.41) is 15.5. The maximum atomic E-state index is 12.3. The van der Waals surface area contributed by atoms with E-state index in [2.05, 4.69) is 11.2 Å². The highest BCUT2D eigenvalue weighted by Crippen LogP contribution is 2.32. The monoisotopic (exact) mass is 396 g/mol. The van der Waals surface area contributed by atoms with Gasteiger partial charge in [0.15, 0.2) is 0 Å². The molecule has 1 aliphatic rings. The van der Waals surface area contributed by atoms with Crippen molar-refractivity contribution >= 4 is 32.5 Å². The topological polar surface area (TPSA) is 79.5 Å². The molecule has 3 rings (SSSR count). The van der Waals surface area contributed by atoms with Gasteiger partial charge in [-0.3, -0.25) is 4.28 Å². The summed E-state index contributed by atoms with van der Waals surface area (Å²) in [6.07, 6.45) is 1.73. The van der Waals surface area contributed by atoms with Gasteiger partial charge in [-0.25, -0.2) is 0 Å². The Morgan fingerprint density at radius 3 is 2.48 bits per heavy atom. The van der Waals surface area contributed by atoms with Crippen molar-refractivity contribution in [2.75, 3.05) is 0 Å². The number of oxime groups is 1. The minimum atomic E-state index is -4.03. The van der Waals surface area contributed by atoms with Crippen LogP contribution in [0.15, 0.2) is 75.6 Å². The second kappa shape index (κ2) is 7.82. The molecule has 0 aromatic heterocycles. The van der Waals surface area contributed by atoms with Crippen molar-refractivity contribution in [3.63, 3.8) is 0 Å². The lowest BCUT2D eigenvalue weighted by molar-refractivity contribution is 0.340. The third-order valence-electron chi connectivity index (χ3n) is 3.97. The average molecular weight is 396 g/mol. The number of nitrogens with zero attached hydrogens (tertiary/aromatic N) is 2. The molecule has 0 fully saturated rings. The molecule has 7 heteroatoms. The molecule has 1 aliphatic heterocycles. The zero-order valence-corrected chi connectivity index (χ0v) is 16.3. The van der Waals surface area contributed by atoms with Gasteiger partial charge >= 0.3 is 10.1 Å². The molecule has 0 saturated carbocycles. The van der Waals surface area contributed by atoms with E-state index in [1.807, 2.05) is 38.1 Å². The maximum absolute atomic E-state index is 12.3. The molecule has 27 heavy (non-hydrogen) atoms. The van der Waals surface area contributed by atoms with Crippen LogP contribution in [0.2, 0.25) is 0 Å². The molecule has 0 aliphatic carbocycles. The molecule has 0 N–H and O–H groups in total. The molecule has 1 heterocycles. The van der Waals surface area contributed by atoms with Crippen molar-refractivity contribution in [2.45, 2.75) is 18.7 Å². The van der Waals surface area contributed by atoms with Crippen LogP contribution in [0.3, 0.4) is 0 Å². The van der Waals surface area contributed by atoms with E-state index in [0.717, 1.165) is 16.7 Å². The van der Waals surface area contributed by atoms with Crippen LogP contribution in [0.4, 0.5) is 0 Å². The molecular formula is C20H16N2O3S2. The van der Waals surface area contributed by atoms with Gasteiger partial charge in [-0.15, -0.1) is 0 Å². The van der Waals surface area contributed by atoms with Crippen LogP contribution in [0.5, 0.6) is 0 Å². The van der Waals surface area contributed by atoms with Gasteiger partial charge in [0, 0.05) is 5.57 Å². The minimum absolute atomic E-state index is 0.0262. The summed E-state index contributed by atoms with van der Waals surface area (Å²) in [5.74, 6) is 0. The second-order valence-corrected chi connectivity index (χ2v) is 8.30. The average Bonchev–Trinajstić information content (AvgIpc) is 3.11. The predicted octanol–water partition coefficient (Wildman–Crippen LogP) is 4.56. The summed E-state index contributed by atoms with van der Waals surface area (Å²) in [6, 6.07) is 16.0. The van der Waals surface area contributed by atoms with Crippen molar-refractivity contribution in [3.8, 4) is 6.07 Å². The molecule has 2 aromatic carbocycles. The Kier molecular flexibility index (Phi) is 5.49. The number of benzene rings is 2. The number of nitriles is 1. The molecule has 0 bridgehead atoms. The van der Waals surface area contributed by atoms with Gasteiger partial charge in [0.1, 0.15) is 16.0 Å². The van der Waals surface area contributed by atoms with Crippen molar-refractivity contribution in [2.24, 2.45) is 5.16 Å². The number of thioether (sulfide) groups is 1. The first kappa shape index (κ1) is 19.0. The van der Waals surface area contributed by atoms with Gasteiger partial charge in [0.05, 0.1) is 5.57 Å². The van der Waals surface area contributed by atoms with Crippen LogP contribution >= 0.6 is 11.8 Å². The fourth-order valence-corrected chi connectivity index (χ4v) is 4.00. The van der Waals surface area contributed by atoms with Crippen LogP contribution in [0.25, 0.3) is 5.57 Å². The Balaban J connectivity index is 1.96. The fraction of sp³-hybridized carbons (Fsp3) is 0.100. The van der Waals surface area contributed by atoms with Gasteiger partial charge in [-0.2, -0.15) is 13.7 Å². The predicted molar refractivity (Wildman–Crippen MR) is 107 cm³/mol. The smallest absolute Gasteiger partial charge is 0.264 e.